The Morgan fingerprint density at radius 3 is 2.63 bits per heavy atom. The van der Waals surface area contributed by atoms with E-state index in [1.165, 1.54) is 29.4 Å². The Hall–Kier alpha value is -2.15. The summed E-state index contributed by atoms with van der Waals surface area (Å²) in [6.45, 7) is 1.62. The van der Waals surface area contributed by atoms with E-state index in [0.29, 0.717) is 9.75 Å². The molecule has 1 rings (SSSR count). The number of likely N-dealkylation sites (N-methyl/N-ethyl adjacent to an activating group) is 1. The van der Waals surface area contributed by atoms with Crippen LogP contribution in [-0.2, 0) is 9.59 Å². The van der Waals surface area contributed by atoms with Gasteiger partial charge in [-0.25, -0.2) is 4.79 Å². The first-order valence-corrected chi connectivity index (χ1v) is 6.18. The molecular formula is C12H14N2O4S. The number of hydrogen-bond acceptors (Lipinski definition) is 4. The maximum Gasteiger partial charge on any atom is 0.328 e. The van der Waals surface area contributed by atoms with Crippen LogP contribution in [-0.4, -0.2) is 41.4 Å². The summed E-state index contributed by atoms with van der Waals surface area (Å²) >= 11 is 1.17. The van der Waals surface area contributed by atoms with E-state index in [4.69, 9.17) is 10.8 Å². The van der Waals surface area contributed by atoms with Crippen LogP contribution in [0.3, 0.4) is 0 Å². The molecule has 1 aromatic heterocycles. The summed E-state index contributed by atoms with van der Waals surface area (Å²) in [5.41, 5.74) is 5.82. The molecule has 1 heterocycles. The number of nitrogens with zero attached hydrogens (tertiary/aromatic N) is 1. The second-order valence-electron chi connectivity index (χ2n) is 3.96. The van der Waals surface area contributed by atoms with Crippen molar-refractivity contribution in [1.29, 1.82) is 0 Å². The third-order valence-electron chi connectivity index (χ3n) is 2.28. The smallest absolute Gasteiger partial charge is 0.328 e. The largest absolute Gasteiger partial charge is 0.478 e. The zero-order valence-corrected chi connectivity index (χ0v) is 11.4. The van der Waals surface area contributed by atoms with Gasteiger partial charge in [0.1, 0.15) is 0 Å². The van der Waals surface area contributed by atoms with Crippen LogP contribution in [0.5, 0.6) is 0 Å². The molecular weight excluding hydrogens is 268 g/mol. The van der Waals surface area contributed by atoms with Crippen LogP contribution in [0.15, 0.2) is 12.1 Å². The lowest BCUT2D eigenvalue weighted by atomic mass is 10.2. The van der Waals surface area contributed by atoms with E-state index in [1.54, 1.807) is 13.0 Å². The third-order valence-corrected chi connectivity index (χ3v) is 3.47. The van der Waals surface area contributed by atoms with Gasteiger partial charge in [0, 0.05) is 18.0 Å². The number of carboxylic acid groups (broad SMARTS) is 1. The van der Waals surface area contributed by atoms with E-state index in [9.17, 15) is 14.4 Å². The van der Waals surface area contributed by atoms with Crippen molar-refractivity contribution in [3.8, 4) is 0 Å². The number of rotatable bonds is 5. The Kier molecular flexibility index (Phi) is 4.82. The number of aliphatic carboxylic acids is 1. The number of thiophene rings is 1. The minimum absolute atomic E-state index is 0.157. The minimum atomic E-state index is -1.05. The third kappa shape index (κ3) is 4.22. The normalized spacial score (nSPS) is 10.6. The Bertz CT molecular complexity index is 548. The highest BCUT2D eigenvalue weighted by Crippen LogP contribution is 2.24. The van der Waals surface area contributed by atoms with Crippen LogP contribution < -0.4 is 5.73 Å². The molecule has 0 aliphatic carbocycles. The summed E-state index contributed by atoms with van der Waals surface area (Å²) in [7, 11) is 1.48. The number of primary amides is 1. The van der Waals surface area contributed by atoms with Gasteiger partial charge in [0.15, 0.2) is 0 Å². The predicted octanol–water partition coefficient (Wildman–Crippen LogP) is 0.712. The summed E-state index contributed by atoms with van der Waals surface area (Å²) in [4.78, 5) is 35.5. The van der Waals surface area contributed by atoms with Crippen molar-refractivity contribution in [2.45, 2.75) is 6.92 Å². The van der Waals surface area contributed by atoms with Gasteiger partial charge in [-0.3, -0.25) is 9.59 Å². The molecule has 102 valence electrons. The average molecular weight is 282 g/mol. The highest BCUT2D eigenvalue weighted by atomic mass is 32.1. The highest BCUT2D eigenvalue weighted by Gasteiger charge is 2.16. The van der Waals surface area contributed by atoms with Crippen LogP contribution in [0.2, 0.25) is 0 Å². The molecule has 0 radical (unpaired) electrons. The first kappa shape index (κ1) is 14.9. The molecule has 6 nitrogen and oxygen atoms in total. The molecule has 0 fully saturated rings. The van der Waals surface area contributed by atoms with Crippen molar-refractivity contribution in [2.75, 3.05) is 13.6 Å². The molecule has 19 heavy (non-hydrogen) atoms. The summed E-state index contributed by atoms with van der Waals surface area (Å²) < 4.78 is 0. The number of carbonyl (C=O) groups is 3. The van der Waals surface area contributed by atoms with Gasteiger partial charge in [0.2, 0.25) is 5.91 Å². The molecule has 0 spiro atoms. The van der Waals surface area contributed by atoms with Gasteiger partial charge in [-0.1, -0.05) is 0 Å². The highest BCUT2D eigenvalue weighted by molar-refractivity contribution is 7.15. The van der Waals surface area contributed by atoms with Gasteiger partial charge in [-0.15, -0.1) is 11.3 Å². The van der Waals surface area contributed by atoms with Crippen LogP contribution in [0.4, 0.5) is 0 Å². The van der Waals surface area contributed by atoms with Crippen molar-refractivity contribution in [1.82, 2.24) is 4.90 Å². The molecule has 7 heteroatoms. The SMILES string of the molecule is Cc1cc(C(=O)N(C)CC(N)=O)sc1C=CC(=O)O. The molecule has 0 unspecified atom stereocenters. The van der Waals surface area contributed by atoms with Gasteiger partial charge < -0.3 is 15.7 Å². The predicted molar refractivity (Wildman–Crippen MR) is 71.9 cm³/mol. The summed E-state index contributed by atoms with van der Waals surface area (Å²) in [6.07, 6.45) is 2.45. The Morgan fingerprint density at radius 1 is 1.47 bits per heavy atom. The molecule has 0 aliphatic heterocycles. The Labute approximate surface area is 114 Å². The number of hydrogen-bond donors (Lipinski definition) is 2. The maximum atomic E-state index is 12.0. The van der Waals surface area contributed by atoms with Crippen LogP contribution in [0.25, 0.3) is 6.08 Å². The maximum absolute atomic E-state index is 12.0. The fourth-order valence-corrected chi connectivity index (χ4v) is 2.48. The quantitative estimate of drug-likeness (QED) is 0.777. The van der Waals surface area contributed by atoms with Gasteiger partial charge >= 0.3 is 5.97 Å². The van der Waals surface area contributed by atoms with E-state index in [2.05, 4.69) is 0 Å². The monoisotopic (exact) mass is 282 g/mol. The summed E-state index contributed by atoms with van der Waals surface area (Å²) in [5, 5.41) is 8.56. The van der Waals surface area contributed by atoms with Crippen LogP contribution >= 0.6 is 11.3 Å². The van der Waals surface area contributed by atoms with E-state index in [-0.39, 0.29) is 12.5 Å². The van der Waals surface area contributed by atoms with E-state index in [0.717, 1.165) is 11.6 Å². The molecule has 0 bridgehead atoms. The van der Waals surface area contributed by atoms with E-state index < -0.39 is 11.9 Å². The number of nitrogens with two attached hydrogens (primary N) is 1. The molecule has 1 aromatic rings. The molecule has 3 N–H and O–H groups in total. The number of amides is 2. The van der Waals surface area contributed by atoms with Gasteiger partial charge in [-0.2, -0.15) is 0 Å². The lowest BCUT2D eigenvalue weighted by Gasteiger charge is -2.13. The van der Waals surface area contributed by atoms with E-state index in [1.807, 2.05) is 0 Å². The number of carbonyl (C=O) groups excluding carboxylic acids is 2. The lowest BCUT2D eigenvalue weighted by molar-refractivity contribution is -0.131. The molecule has 0 saturated carbocycles. The van der Waals surface area contributed by atoms with Crippen molar-refractivity contribution < 1.29 is 19.5 Å². The van der Waals surface area contributed by atoms with Gasteiger partial charge in [0.25, 0.3) is 5.91 Å². The van der Waals surface area contributed by atoms with E-state index >= 15 is 0 Å². The molecule has 0 atom stereocenters. The van der Waals surface area contributed by atoms with Crippen molar-refractivity contribution in [2.24, 2.45) is 5.73 Å². The molecule has 2 amide bonds. The van der Waals surface area contributed by atoms with Crippen molar-refractivity contribution in [3.05, 3.63) is 27.5 Å². The molecule has 0 aromatic carbocycles. The fourth-order valence-electron chi connectivity index (χ4n) is 1.41. The zero-order chi connectivity index (χ0) is 14.6. The van der Waals surface area contributed by atoms with Gasteiger partial charge in [-0.05, 0) is 24.6 Å². The van der Waals surface area contributed by atoms with Crippen LogP contribution in [0, 0.1) is 6.92 Å². The minimum Gasteiger partial charge on any atom is -0.478 e. The van der Waals surface area contributed by atoms with Crippen molar-refractivity contribution in [3.63, 3.8) is 0 Å². The topological polar surface area (TPSA) is 101 Å². The molecule has 0 saturated heterocycles. The standard InChI is InChI=1S/C12H14N2O4S/c1-7-5-9(12(18)14(2)6-10(13)15)19-8(7)3-4-11(16)17/h3-5H,6H2,1-2H3,(H2,13,15)(H,16,17). The number of carboxylic acids is 1. The average Bonchev–Trinajstić information content (AvgIpc) is 2.66. The molecule has 0 aliphatic rings. The first-order valence-electron chi connectivity index (χ1n) is 5.36. The number of aryl methyl sites for hydroxylation is 1. The zero-order valence-electron chi connectivity index (χ0n) is 10.5. The Morgan fingerprint density at radius 2 is 2.11 bits per heavy atom. The second-order valence-corrected chi connectivity index (χ2v) is 5.04. The van der Waals surface area contributed by atoms with Crippen LogP contribution in [0.1, 0.15) is 20.1 Å². The van der Waals surface area contributed by atoms with Gasteiger partial charge in [0.05, 0.1) is 11.4 Å². The second kappa shape index (κ2) is 6.14. The summed E-state index contributed by atoms with van der Waals surface area (Å²) in [6, 6.07) is 1.66. The van der Waals surface area contributed by atoms with Crippen molar-refractivity contribution >= 4 is 35.2 Å². The fraction of sp³-hybridized carbons (Fsp3) is 0.250. The first-order chi connectivity index (χ1) is 8.81. The Balaban J connectivity index is 2.91. The lowest BCUT2D eigenvalue weighted by Crippen LogP contribution is -2.34. The summed E-state index contributed by atoms with van der Waals surface area (Å²) in [5.74, 6) is -1.96.